The summed E-state index contributed by atoms with van der Waals surface area (Å²) in [4.78, 5) is 14.6. The first-order valence-corrected chi connectivity index (χ1v) is 5.59. The lowest BCUT2D eigenvalue weighted by atomic mass is 10.1. The quantitative estimate of drug-likeness (QED) is 0.685. The molecular formula is C11H8BrN3O. The topological polar surface area (TPSA) is 50.7 Å². The van der Waals surface area contributed by atoms with Gasteiger partial charge in [0.1, 0.15) is 0 Å². The Morgan fingerprint density at radius 3 is 3.00 bits per heavy atom. The van der Waals surface area contributed by atoms with Crippen molar-refractivity contribution in [3.05, 3.63) is 39.2 Å². The van der Waals surface area contributed by atoms with E-state index < -0.39 is 0 Å². The molecule has 0 atom stereocenters. The van der Waals surface area contributed by atoms with Crippen molar-refractivity contribution in [2.24, 2.45) is 7.05 Å². The normalized spacial score (nSPS) is 11.4. The molecule has 0 radical (unpaired) electrons. The van der Waals surface area contributed by atoms with Crippen LogP contribution in [0.2, 0.25) is 0 Å². The third-order valence-electron chi connectivity index (χ3n) is 2.56. The average Bonchev–Trinajstić information content (AvgIpc) is 2.60. The van der Waals surface area contributed by atoms with E-state index in [4.69, 9.17) is 0 Å². The van der Waals surface area contributed by atoms with Crippen molar-refractivity contribution in [3.8, 4) is 0 Å². The first-order valence-electron chi connectivity index (χ1n) is 4.80. The predicted octanol–water partition coefficient (Wildman–Crippen LogP) is 2.18. The summed E-state index contributed by atoms with van der Waals surface area (Å²) in [6.07, 6.45) is 1.86. The monoisotopic (exact) mass is 277 g/mol. The molecule has 0 spiro atoms. The lowest BCUT2D eigenvalue weighted by Crippen LogP contribution is -2.06. The summed E-state index contributed by atoms with van der Waals surface area (Å²) in [5, 5.41) is 6.04. The summed E-state index contributed by atoms with van der Waals surface area (Å²) in [6.45, 7) is 0. The van der Waals surface area contributed by atoms with Crippen molar-refractivity contribution in [1.29, 1.82) is 0 Å². The fourth-order valence-corrected chi connectivity index (χ4v) is 2.25. The molecule has 2 heterocycles. The molecular weight excluding hydrogens is 270 g/mol. The van der Waals surface area contributed by atoms with Gasteiger partial charge in [-0.3, -0.25) is 9.48 Å². The second kappa shape index (κ2) is 3.18. The maximum absolute atomic E-state index is 11.8. The highest BCUT2D eigenvalue weighted by atomic mass is 79.9. The summed E-state index contributed by atoms with van der Waals surface area (Å²) < 4.78 is 2.60. The van der Waals surface area contributed by atoms with Gasteiger partial charge in [0, 0.05) is 28.5 Å². The molecule has 0 aliphatic carbocycles. The van der Waals surface area contributed by atoms with Crippen LogP contribution in [0.1, 0.15) is 0 Å². The van der Waals surface area contributed by atoms with Gasteiger partial charge in [0.25, 0.3) is 5.56 Å². The average molecular weight is 278 g/mol. The smallest absolute Gasteiger partial charge is 0.276 e. The van der Waals surface area contributed by atoms with Gasteiger partial charge in [0.05, 0.1) is 5.52 Å². The minimum absolute atomic E-state index is 0.152. The van der Waals surface area contributed by atoms with Crippen molar-refractivity contribution >= 4 is 37.7 Å². The zero-order valence-electron chi connectivity index (χ0n) is 8.49. The number of fused-ring (bicyclic) bond motifs is 3. The van der Waals surface area contributed by atoms with E-state index in [2.05, 4.69) is 26.0 Å². The second-order valence-electron chi connectivity index (χ2n) is 3.71. The van der Waals surface area contributed by atoms with Gasteiger partial charge in [0.2, 0.25) is 0 Å². The SMILES string of the molecule is Cn1cc2c(n1)c(=O)[nH]c1cc(Br)ccc12. The largest absolute Gasteiger partial charge is 0.320 e. The Balaban J connectivity index is 2.63. The van der Waals surface area contributed by atoms with E-state index in [1.807, 2.05) is 31.4 Å². The third kappa shape index (κ3) is 1.28. The number of benzene rings is 1. The van der Waals surface area contributed by atoms with Crippen LogP contribution in [-0.4, -0.2) is 14.8 Å². The van der Waals surface area contributed by atoms with Crippen LogP contribution >= 0.6 is 15.9 Å². The van der Waals surface area contributed by atoms with Crippen LogP contribution in [0.15, 0.2) is 33.7 Å². The molecule has 1 aromatic carbocycles. The highest BCUT2D eigenvalue weighted by Gasteiger charge is 2.08. The lowest BCUT2D eigenvalue weighted by molar-refractivity contribution is 0.778. The van der Waals surface area contributed by atoms with Crippen molar-refractivity contribution in [2.75, 3.05) is 0 Å². The van der Waals surface area contributed by atoms with Crippen molar-refractivity contribution in [1.82, 2.24) is 14.8 Å². The highest BCUT2D eigenvalue weighted by Crippen LogP contribution is 2.23. The van der Waals surface area contributed by atoms with Crippen LogP contribution in [0, 0.1) is 0 Å². The Morgan fingerprint density at radius 2 is 2.19 bits per heavy atom. The van der Waals surface area contributed by atoms with E-state index in [1.165, 1.54) is 0 Å². The highest BCUT2D eigenvalue weighted by molar-refractivity contribution is 9.10. The number of rotatable bonds is 0. The molecule has 0 fully saturated rings. The maximum atomic E-state index is 11.8. The Bertz CT molecular complexity index is 757. The zero-order valence-corrected chi connectivity index (χ0v) is 10.1. The lowest BCUT2D eigenvalue weighted by Gasteiger charge is -1.98. The molecule has 2 aromatic heterocycles. The van der Waals surface area contributed by atoms with Gasteiger partial charge >= 0.3 is 0 Å². The van der Waals surface area contributed by atoms with Crippen LogP contribution in [0.5, 0.6) is 0 Å². The maximum Gasteiger partial charge on any atom is 0.276 e. The summed E-state index contributed by atoms with van der Waals surface area (Å²) >= 11 is 3.38. The standard InChI is InChI=1S/C11H8BrN3O/c1-15-5-8-7-3-2-6(12)4-9(7)13-11(16)10(8)14-15/h2-5H,1H3,(H,13,16). The van der Waals surface area contributed by atoms with E-state index >= 15 is 0 Å². The summed E-state index contributed by atoms with van der Waals surface area (Å²) in [5.74, 6) is 0. The van der Waals surface area contributed by atoms with Crippen LogP contribution in [0.3, 0.4) is 0 Å². The van der Waals surface area contributed by atoms with Crippen molar-refractivity contribution in [3.63, 3.8) is 0 Å². The number of halogens is 1. The number of aromatic nitrogens is 3. The minimum atomic E-state index is -0.152. The van der Waals surface area contributed by atoms with Gasteiger partial charge < -0.3 is 4.98 Å². The Labute approximate surface area is 99.0 Å². The van der Waals surface area contributed by atoms with Crippen LogP contribution in [0.25, 0.3) is 21.8 Å². The minimum Gasteiger partial charge on any atom is -0.320 e. The third-order valence-corrected chi connectivity index (χ3v) is 3.06. The van der Waals surface area contributed by atoms with E-state index in [9.17, 15) is 4.79 Å². The molecule has 4 nitrogen and oxygen atoms in total. The van der Waals surface area contributed by atoms with Crippen molar-refractivity contribution in [2.45, 2.75) is 0 Å². The molecule has 0 saturated carbocycles. The summed E-state index contributed by atoms with van der Waals surface area (Å²) in [6, 6.07) is 5.82. The Morgan fingerprint density at radius 1 is 1.38 bits per heavy atom. The van der Waals surface area contributed by atoms with E-state index in [-0.39, 0.29) is 5.56 Å². The van der Waals surface area contributed by atoms with Crippen molar-refractivity contribution < 1.29 is 0 Å². The molecule has 0 saturated heterocycles. The van der Waals surface area contributed by atoms with Gasteiger partial charge in [0.15, 0.2) is 5.52 Å². The molecule has 0 aliphatic rings. The molecule has 3 rings (SSSR count). The number of hydrogen-bond acceptors (Lipinski definition) is 2. The molecule has 1 N–H and O–H groups in total. The number of pyridine rings is 1. The first kappa shape index (κ1) is 9.59. The zero-order chi connectivity index (χ0) is 11.3. The molecule has 5 heteroatoms. The number of hydrogen-bond donors (Lipinski definition) is 1. The van der Waals surface area contributed by atoms with Gasteiger partial charge in [-0.1, -0.05) is 22.0 Å². The Kier molecular flexibility index (Phi) is 1.91. The molecule has 80 valence electrons. The Hall–Kier alpha value is -1.62. The van der Waals surface area contributed by atoms with Gasteiger partial charge in [-0.25, -0.2) is 0 Å². The molecule has 16 heavy (non-hydrogen) atoms. The summed E-state index contributed by atoms with van der Waals surface area (Å²) in [7, 11) is 1.81. The number of aryl methyl sites for hydroxylation is 1. The van der Waals surface area contributed by atoms with Crippen LogP contribution < -0.4 is 5.56 Å². The fourth-order valence-electron chi connectivity index (χ4n) is 1.89. The first-order chi connectivity index (χ1) is 7.65. The molecule has 3 aromatic rings. The van der Waals surface area contributed by atoms with Crippen LogP contribution in [0.4, 0.5) is 0 Å². The predicted molar refractivity (Wildman–Crippen MR) is 66.5 cm³/mol. The van der Waals surface area contributed by atoms with Crippen LogP contribution in [-0.2, 0) is 7.05 Å². The molecule has 0 aliphatic heterocycles. The number of H-pyrrole nitrogens is 1. The van der Waals surface area contributed by atoms with E-state index in [1.54, 1.807) is 4.68 Å². The van der Waals surface area contributed by atoms with Gasteiger partial charge in [-0.2, -0.15) is 5.10 Å². The van der Waals surface area contributed by atoms with Gasteiger partial charge in [-0.05, 0) is 12.1 Å². The second-order valence-corrected chi connectivity index (χ2v) is 4.62. The van der Waals surface area contributed by atoms with Gasteiger partial charge in [-0.15, -0.1) is 0 Å². The molecule has 0 bridgehead atoms. The summed E-state index contributed by atoms with van der Waals surface area (Å²) in [5.41, 5.74) is 1.15. The number of nitrogens with zero attached hydrogens (tertiary/aromatic N) is 2. The fraction of sp³-hybridized carbons (Fsp3) is 0.0909. The number of nitrogens with one attached hydrogen (secondary N) is 1. The van der Waals surface area contributed by atoms with E-state index in [0.717, 1.165) is 20.8 Å². The molecule has 0 amide bonds. The molecule has 0 unspecified atom stereocenters. The van der Waals surface area contributed by atoms with E-state index in [0.29, 0.717) is 5.52 Å². The number of aromatic amines is 1.